The second-order valence-corrected chi connectivity index (χ2v) is 8.70. The van der Waals surface area contributed by atoms with Crippen LogP contribution in [0.1, 0.15) is 31.4 Å². The maximum atomic E-state index is 13.3. The van der Waals surface area contributed by atoms with Crippen molar-refractivity contribution >= 4 is 17.5 Å². The van der Waals surface area contributed by atoms with Crippen molar-refractivity contribution in [1.29, 1.82) is 0 Å². The fraction of sp³-hybridized carbons (Fsp3) is 0.417. The topological polar surface area (TPSA) is 54.4 Å². The van der Waals surface area contributed by atoms with Gasteiger partial charge in [-0.1, -0.05) is 18.2 Å². The van der Waals surface area contributed by atoms with Crippen molar-refractivity contribution in [3.63, 3.8) is 0 Å². The van der Waals surface area contributed by atoms with Crippen LogP contribution in [0.2, 0.25) is 0 Å². The molecular formula is C24H27F2N3O3. The standard InChI is InChI=1S/C24H27F2N3O3/c1-24(2,23(30)31-3)15-28-10-12-29(13-11-28)22-17-9-8-16(21(25)26)14-20(17)32-19-7-5-4-6-18(19)27-22/h4-9,14,21H,10-13,15H2,1-3H3. The van der Waals surface area contributed by atoms with Gasteiger partial charge in [-0.3, -0.25) is 9.69 Å². The quantitative estimate of drug-likeness (QED) is 0.646. The molecule has 0 atom stereocenters. The number of fused-ring (bicyclic) bond motifs is 2. The van der Waals surface area contributed by atoms with Crippen LogP contribution >= 0.6 is 0 Å². The first kappa shape index (κ1) is 22.2. The number of esters is 1. The number of alkyl halides is 2. The lowest BCUT2D eigenvalue weighted by molar-refractivity contribution is -0.152. The van der Waals surface area contributed by atoms with Crippen LogP contribution in [0.25, 0.3) is 0 Å². The lowest BCUT2D eigenvalue weighted by atomic mass is 9.92. The van der Waals surface area contributed by atoms with E-state index in [2.05, 4.69) is 9.80 Å². The largest absolute Gasteiger partial charge is 0.469 e. The molecule has 0 aromatic heterocycles. The molecule has 1 fully saturated rings. The molecule has 0 radical (unpaired) electrons. The zero-order valence-corrected chi connectivity index (χ0v) is 18.5. The predicted molar refractivity (Wildman–Crippen MR) is 118 cm³/mol. The lowest BCUT2D eigenvalue weighted by Crippen LogP contribution is -2.52. The zero-order chi connectivity index (χ0) is 22.9. The van der Waals surface area contributed by atoms with E-state index in [0.29, 0.717) is 48.2 Å². The number of amidine groups is 1. The van der Waals surface area contributed by atoms with Gasteiger partial charge in [-0.2, -0.15) is 0 Å². The smallest absolute Gasteiger partial charge is 0.312 e. The SMILES string of the molecule is COC(=O)C(C)(C)CN1CCN(C2=Nc3ccccc3Oc3cc(C(F)F)ccc32)CC1. The number of nitrogens with zero attached hydrogens (tertiary/aromatic N) is 3. The number of carbonyl (C=O) groups excluding carboxylic acids is 1. The van der Waals surface area contributed by atoms with Crippen LogP contribution in [0.5, 0.6) is 11.5 Å². The van der Waals surface area contributed by atoms with Gasteiger partial charge >= 0.3 is 5.97 Å². The van der Waals surface area contributed by atoms with Crippen LogP contribution < -0.4 is 4.74 Å². The molecule has 0 amide bonds. The number of piperazine rings is 1. The Hall–Kier alpha value is -3.00. The first-order valence-corrected chi connectivity index (χ1v) is 10.6. The Balaban J connectivity index is 1.59. The average Bonchev–Trinajstić information content (AvgIpc) is 2.94. The summed E-state index contributed by atoms with van der Waals surface area (Å²) < 4.78 is 37.6. The third-order valence-corrected chi connectivity index (χ3v) is 5.84. The Morgan fingerprint density at radius 2 is 1.84 bits per heavy atom. The first-order chi connectivity index (χ1) is 15.3. The molecule has 0 N–H and O–H groups in total. The molecule has 0 unspecified atom stereocenters. The summed E-state index contributed by atoms with van der Waals surface area (Å²) in [6.45, 7) is 7.22. The summed E-state index contributed by atoms with van der Waals surface area (Å²) in [5.41, 5.74) is 0.666. The molecule has 170 valence electrons. The number of hydrogen-bond donors (Lipinski definition) is 0. The third kappa shape index (κ3) is 4.46. The fourth-order valence-corrected chi connectivity index (χ4v) is 4.13. The molecule has 6 nitrogen and oxygen atoms in total. The highest BCUT2D eigenvalue weighted by atomic mass is 19.3. The number of hydrogen-bond acceptors (Lipinski definition) is 6. The molecule has 4 rings (SSSR count). The van der Waals surface area contributed by atoms with Crippen molar-refractivity contribution in [2.45, 2.75) is 20.3 Å². The maximum absolute atomic E-state index is 13.3. The molecule has 8 heteroatoms. The van der Waals surface area contributed by atoms with Gasteiger partial charge < -0.3 is 14.4 Å². The second-order valence-electron chi connectivity index (χ2n) is 8.70. The van der Waals surface area contributed by atoms with E-state index in [4.69, 9.17) is 14.5 Å². The molecule has 0 bridgehead atoms. The van der Waals surface area contributed by atoms with Gasteiger partial charge in [0.25, 0.3) is 6.43 Å². The monoisotopic (exact) mass is 443 g/mol. The van der Waals surface area contributed by atoms with Gasteiger partial charge in [-0.05, 0) is 38.1 Å². The summed E-state index contributed by atoms with van der Waals surface area (Å²) >= 11 is 0. The van der Waals surface area contributed by atoms with E-state index in [9.17, 15) is 13.6 Å². The first-order valence-electron chi connectivity index (χ1n) is 10.6. The minimum Gasteiger partial charge on any atom is -0.469 e. The van der Waals surface area contributed by atoms with Crippen molar-refractivity contribution in [3.8, 4) is 11.5 Å². The number of ether oxygens (including phenoxy) is 2. The van der Waals surface area contributed by atoms with Gasteiger partial charge in [0.15, 0.2) is 5.75 Å². The van der Waals surface area contributed by atoms with Crippen LogP contribution in [0.3, 0.4) is 0 Å². The van der Waals surface area contributed by atoms with Crippen LogP contribution in [-0.4, -0.2) is 61.4 Å². The highest BCUT2D eigenvalue weighted by Gasteiger charge is 2.33. The molecule has 2 aliphatic rings. The van der Waals surface area contributed by atoms with E-state index in [0.717, 1.165) is 13.1 Å². The Bertz CT molecular complexity index is 1030. The molecule has 2 heterocycles. The predicted octanol–water partition coefficient (Wildman–Crippen LogP) is 4.63. The number of rotatable bonds is 4. The Kier molecular flexibility index (Phi) is 6.15. The van der Waals surface area contributed by atoms with Crippen molar-refractivity contribution in [3.05, 3.63) is 53.6 Å². The summed E-state index contributed by atoms with van der Waals surface area (Å²) in [7, 11) is 1.41. The number of aliphatic imine (C=N–C) groups is 1. The van der Waals surface area contributed by atoms with Gasteiger partial charge in [0.2, 0.25) is 0 Å². The maximum Gasteiger partial charge on any atom is 0.312 e. The molecule has 32 heavy (non-hydrogen) atoms. The molecule has 2 aliphatic heterocycles. The normalized spacial score (nSPS) is 16.6. The van der Waals surface area contributed by atoms with E-state index in [1.807, 2.05) is 32.0 Å². The van der Waals surface area contributed by atoms with Crippen LogP contribution in [0, 0.1) is 5.41 Å². The minimum absolute atomic E-state index is 0.0858. The summed E-state index contributed by atoms with van der Waals surface area (Å²) in [6.07, 6.45) is -2.58. The van der Waals surface area contributed by atoms with Crippen LogP contribution in [-0.2, 0) is 9.53 Å². The lowest BCUT2D eigenvalue weighted by Gasteiger charge is -2.39. The Morgan fingerprint density at radius 1 is 1.12 bits per heavy atom. The van der Waals surface area contributed by atoms with Crippen molar-refractivity contribution in [2.75, 3.05) is 39.8 Å². The Labute approximate surface area is 186 Å². The summed E-state index contributed by atoms with van der Waals surface area (Å²) in [5.74, 6) is 1.39. The summed E-state index contributed by atoms with van der Waals surface area (Å²) in [5, 5.41) is 0. The fourth-order valence-electron chi connectivity index (χ4n) is 4.13. The van der Waals surface area contributed by atoms with Gasteiger partial charge in [-0.25, -0.2) is 13.8 Å². The van der Waals surface area contributed by atoms with Gasteiger partial charge in [0.05, 0.1) is 18.1 Å². The molecule has 0 aliphatic carbocycles. The zero-order valence-electron chi connectivity index (χ0n) is 18.5. The van der Waals surface area contributed by atoms with E-state index in [-0.39, 0.29) is 11.5 Å². The van der Waals surface area contributed by atoms with Crippen LogP contribution in [0.15, 0.2) is 47.5 Å². The second kappa shape index (κ2) is 8.86. The number of methoxy groups -OCH3 is 1. The third-order valence-electron chi connectivity index (χ3n) is 5.84. The summed E-state index contributed by atoms with van der Waals surface area (Å²) in [6, 6.07) is 11.8. The van der Waals surface area contributed by atoms with E-state index < -0.39 is 11.8 Å². The molecule has 1 saturated heterocycles. The van der Waals surface area contributed by atoms with Gasteiger partial charge in [-0.15, -0.1) is 0 Å². The van der Waals surface area contributed by atoms with Crippen LogP contribution in [0.4, 0.5) is 14.5 Å². The molecule has 0 spiro atoms. The van der Waals surface area contributed by atoms with Crippen molar-refractivity contribution in [2.24, 2.45) is 10.4 Å². The van der Waals surface area contributed by atoms with Gasteiger partial charge in [0, 0.05) is 38.3 Å². The number of para-hydroxylation sites is 2. The van der Waals surface area contributed by atoms with Gasteiger partial charge in [0.1, 0.15) is 17.3 Å². The van der Waals surface area contributed by atoms with Crippen molar-refractivity contribution in [1.82, 2.24) is 9.80 Å². The average molecular weight is 443 g/mol. The highest BCUT2D eigenvalue weighted by Crippen LogP contribution is 2.39. The molecular weight excluding hydrogens is 416 g/mol. The number of carbonyl (C=O) groups is 1. The summed E-state index contributed by atoms with van der Waals surface area (Å²) in [4.78, 5) is 21.3. The molecule has 2 aromatic carbocycles. The van der Waals surface area contributed by atoms with Crippen molar-refractivity contribution < 1.29 is 23.0 Å². The molecule has 0 saturated carbocycles. The number of halogens is 2. The minimum atomic E-state index is -2.58. The van der Waals surface area contributed by atoms with E-state index in [1.54, 1.807) is 12.1 Å². The Morgan fingerprint density at radius 3 is 2.53 bits per heavy atom. The van der Waals surface area contributed by atoms with E-state index >= 15 is 0 Å². The number of benzene rings is 2. The highest BCUT2D eigenvalue weighted by molar-refractivity contribution is 6.03. The molecule has 2 aromatic rings. The van der Waals surface area contributed by atoms with E-state index in [1.165, 1.54) is 19.2 Å².